The molecule has 1 fully saturated rings. The van der Waals surface area contributed by atoms with Crippen LogP contribution in [0.4, 0.5) is 5.69 Å². The fourth-order valence-corrected chi connectivity index (χ4v) is 2.83. The van der Waals surface area contributed by atoms with Gasteiger partial charge in [0.25, 0.3) is 0 Å². The maximum atomic E-state index is 12.9. The average Bonchev–Trinajstić information content (AvgIpc) is 2.95. The summed E-state index contributed by atoms with van der Waals surface area (Å²) in [5.41, 5.74) is 1.69. The third-order valence-electron chi connectivity index (χ3n) is 4.20. The molecule has 1 N–H and O–H groups in total. The number of carbonyl (C=O) groups excluding carboxylic acids is 1. The quantitative estimate of drug-likeness (QED) is 0.919. The second-order valence-corrected chi connectivity index (χ2v) is 6.17. The lowest BCUT2D eigenvalue weighted by Gasteiger charge is -2.32. The number of ether oxygens (including phenoxy) is 1. The minimum absolute atomic E-state index is 0.122. The van der Waals surface area contributed by atoms with Crippen LogP contribution in [0.1, 0.15) is 13.8 Å². The maximum absolute atomic E-state index is 12.9. The Hall–Kier alpha value is -2.15. The Morgan fingerprint density at radius 3 is 2.78 bits per heavy atom. The molecule has 2 aromatic heterocycles. The molecule has 0 saturated carbocycles. The van der Waals surface area contributed by atoms with Crippen molar-refractivity contribution in [3.05, 3.63) is 18.5 Å². The lowest BCUT2D eigenvalue weighted by atomic mass is 10.0. The molecule has 1 amide bonds. The number of hydrogen-bond donors (Lipinski definition) is 1. The Morgan fingerprint density at radius 2 is 2.09 bits per heavy atom. The van der Waals surface area contributed by atoms with Crippen LogP contribution < -0.4 is 5.32 Å². The predicted octanol–water partition coefficient (Wildman–Crippen LogP) is 1.26. The molecule has 0 bridgehead atoms. The summed E-state index contributed by atoms with van der Waals surface area (Å²) in [5, 5.41) is 8.58. The maximum Gasteiger partial charge on any atom is 0.245 e. The van der Waals surface area contributed by atoms with Crippen LogP contribution in [0.15, 0.2) is 18.5 Å². The molecule has 0 spiro atoms. The van der Waals surface area contributed by atoms with Crippen molar-refractivity contribution >= 4 is 22.6 Å². The van der Waals surface area contributed by atoms with E-state index in [1.54, 1.807) is 17.1 Å². The van der Waals surface area contributed by atoms with Gasteiger partial charge in [-0.2, -0.15) is 5.10 Å². The molecule has 3 heterocycles. The van der Waals surface area contributed by atoms with Crippen molar-refractivity contribution in [3.8, 4) is 0 Å². The monoisotopic (exact) mass is 317 g/mol. The van der Waals surface area contributed by atoms with E-state index in [-0.39, 0.29) is 17.9 Å². The molecule has 3 rings (SSSR count). The molecular formula is C16H23N5O2. The van der Waals surface area contributed by atoms with Crippen molar-refractivity contribution < 1.29 is 9.53 Å². The summed E-state index contributed by atoms with van der Waals surface area (Å²) in [6, 6.07) is 1.62. The molecule has 23 heavy (non-hydrogen) atoms. The van der Waals surface area contributed by atoms with Crippen LogP contribution in [-0.2, 0) is 16.6 Å². The predicted molar refractivity (Wildman–Crippen MR) is 88.2 cm³/mol. The van der Waals surface area contributed by atoms with Crippen molar-refractivity contribution in [1.29, 1.82) is 0 Å². The van der Waals surface area contributed by atoms with Crippen molar-refractivity contribution in [3.63, 3.8) is 0 Å². The molecule has 124 valence electrons. The molecule has 2 aromatic rings. The number of amides is 1. The summed E-state index contributed by atoms with van der Waals surface area (Å²) < 4.78 is 7.07. The number of morpholine rings is 1. The molecule has 0 aromatic carbocycles. The molecule has 1 aliphatic heterocycles. The minimum Gasteiger partial charge on any atom is -0.378 e. The zero-order valence-corrected chi connectivity index (χ0v) is 13.8. The second-order valence-electron chi connectivity index (χ2n) is 6.17. The van der Waals surface area contributed by atoms with E-state index in [1.807, 2.05) is 18.0 Å². The summed E-state index contributed by atoms with van der Waals surface area (Å²) in [6.45, 7) is 6.64. The van der Waals surface area contributed by atoms with E-state index < -0.39 is 0 Å². The lowest BCUT2D eigenvalue weighted by Crippen LogP contribution is -2.49. The molecule has 7 nitrogen and oxygen atoms in total. The van der Waals surface area contributed by atoms with Crippen LogP contribution >= 0.6 is 0 Å². The summed E-state index contributed by atoms with van der Waals surface area (Å²) in [4.78, 5) is 19.1. The topological polar surface area (TPSA) is 72.3 Å². The van der Waals surface area contributed by atoms with Crippen LogP contribution in [0.3, 0.4) is 0 Å². The number of fused-ring (bicyclic) bond motifs is 1. The molecule has 1 aliphatic rings. The minimum atomic E-state index is -0.279. The third-order valence-corrected chi connectivity index (χ3v) is 4.20. The SMILES string of the molecule is CC(C)C(Nc1ccnc2c1cnn2C)C(=O)N1CCOCC1. The van der Waals surface area contributed by atoms with Gasteiger partial charge in [-0.05, 0) is 12.0 Å². The average molecular weight is 317 g/mol. The van der Waals surface area contributed by atoms with Crippen LogP contribution in [0.25, 0.3) is 11.0 Å². The smallest absolute Gasteiger partial charge is 0.245 e. The van der Waals surface area contributed by atoms with Gasteiger partial charge in [0.15, 0.2) is 5.65 Å². The molecule has 0 aliphatic carbocycles. The number of rotatable bonds is 4. The number of nitrogens with one attached hydrogen (secondary N) is 1. The largest absolute Gasteiger partial charge is 0.378 e. The molecular weight excluding hydrogens is 294 g/mol. The second kappa shape index (κ2) is 6.54. The fourth-order valence-electron chi connectivity index (χ4n) is 2.83. The summed E-state index contributed by atoms with van der Waals surface area (Å²) in [6.07, 6.45) is 3.52. The number of nitrogens with zero attached hydrogens (tertiary/aromatic N) is 4. The van der Waals surface area contributed by atoms with E-state index in [1.165, 1.54) is 0 Å². The van der Waals surface area contributed by atoms with Crippen molar-refractivity contribution in [1.82, 2.24) is 19.7 Å². The van der Waals surface area contributed by atoms with Gasteiger partial charge in [0.1, 0.15) is 6.04 Å². The van der Waals surface area contributed by atoms with Crippen LogP contribution in [-0.4, -0.2) is 57.9 Å². The fraction of sp³-hybridized carbons (Fsp3) is 0.562. The van der Waals surface area contributed by atoms with Crippen LogP contribution in [0.5, 0.6) is 0 Å². The highest BCUT2D eigenvalue weighted by molar-refractivity contribution is 5.92. The standard InChI is InChI=1S/C16H23N5O2/c1-11(2)14(16(22)21-6-8-23-9-7-21)19-13-4-5-17-15-12(13)10-18-20(15)3/h4-5,10-11,14H,6-9H2,1-3H3,(H,17,19). The molecule has 7 heteroatoms. The highest BCUT2D eigenvalue weighted by Gasteiger charge is 2.28. The summed E-state index contributed by atoms with van der Waals surface area (Å²) in [5.74, 6) is 0.294. The normalized spacial score (nSPS) is 16.8. The van der Waals surface area contributed by atoms with E-state index in [0.29, 0.717) is 26.3 Å². The van der Waals surface area contributed by atoms with Crippen molar-refractivity contribution in [2.24, 2.45) is 13.0 Å². The van der Waals surface area contributed by atoms with Gasteiger partial charge in [0, 0.05) is 32.0 Å². The van der Waals surface area contributed by atoms with Gasteiger partial charge in [-0.15, -0.1) is 0 Å². The first-order valence-electron chi connectivity index (χ1n) is 7.97. The Bertz CT molecular complexity index is 691. The van der Waals surface area contributed by atoms with Gasteiger partial charge < -0.3 is 15.0 Å². The first kappa shape index (κ1) is 15.7. The van der Waals surface area contributed by atoms with E-state index in [9.17, 15) is 4.79 Å². The van der Waals surface area contributed by atoms with Gasteiger partial charge in [-0.3, -0.25) is 9.48 Å². The zero-order chi connectivity index (χ0) is 16.4. The zero-order valence-electron chi connectivity index (χ0n) is 13.8. The summed E-state index contributed by atoms with van der Waals surface area (Å²) >= 11 is 0. The van der Waals surface area contributed by atoms with Crippen LogP contribution in [0, 0.1) is 5.92 Å². The number of aryl methyl sites for hydroxylation is 1. The van der Waals surface area contributed by atoms with E-state index >= 15 is 0 Å². The lowest BCUT2D eigenvalue weighted by molar-refractivity contribution is -0.137. The van der Waals surface area contributed by atoms with Crippen LogP contribution in [0.2, 0.25) is 0 Å². The van der Waals surface area contributed by atoms with Gasteiger partial charge in [-0.1, -0.05) is 13.8 Å². The number of carbonyl (C=O) groups is 1. The number of pyridine rings is 1. The van der Waals surface area contributed by atoms with Crippen molar-refractivity contribution in [2.75, 3.05) is 31.6 Å². The molecule has 1 saturated heterocycles. The number of hydrogen-bond acceptors (Lipinski definition) is 5. The highest BCUT2D eigenvalue weighted by atomic mass is 16.5. The first-order chi connectivity index (χ1) is 11.1. The van der Waals surface area contributed by atoms with E-state index in [0.717, 1.165) is 16.7 Å². The van der Waals surface area contributed by atoms with E-state index in [2.05, 4.69) is 29.2 Å². The number of anilines is 1. The van der Waals surface area contributed by atoms with Gasteiger partial charge in [0.2, 0.25) is 5.91 Å². The molecule has 1 unspecified atom stereocenters. The Morgan fingerprint density at radius 1 is 1.35 bits per heavy atom. The summed E-state index contributed by atoms with van der Waals surface area (Å²) in [7, 11) is 1.86. The molecule has 0 radical (unpaired) electrons. The van der Waals surface area contributed by atoms with Gasteiger partial charge in [0.05, 0.1) is 24.8 Å². The Balaban J connectivity index is 1.85. The first-order valence-corrected chi connectivity index (χ1v) is 7.97. The third kappa shape index (κ3) is 3.14. The van der Waals surface area contributed by atoms with Crippen molar-refractivity contribution in [2.45, 2.75) is 19.9 Å². The Kier molecular flexibility index (Phi) is 4.47. The highest BCUT2D eigenvalue weighted by Crippen LogP contribution is 2.23. The number of aromatic nitrogens is 3. The molecule has 1 atom stereocenters. The van der Waals surface area contributed by atoms with Gasteiger partial charge in [-0.25, -0.2) is 4.98 Å². The van der Waals surface area contributed by atoms with Gasteiger partial charge >= 0.3 is 0 Å². The van der Waals surface area contributed by atoms with E-state index in [4.69, 9.17) is 4.74 Å². The Labute approximate surface area is 135 Å².